The molecule has 8 N–H and O–H groups in total. The lowest BCUT2D eigenvalue weighted by Gasteiger charge is -2.23. The van der Waals surface area contributed by atoms with Crippen molar-refractivity contribution in [1.82, 2.24) is 16.0 Å². The molecule has 3 rings (SSSR count). The third kappa shape index (κ3) is 8.42. The molecule has 1 aliphatic heterocycles. The van der Waals surface area contributed by atoms with Crippen LogP contribution < -0.4 is 21.3 Å². The van der Waals surface area contributed by atoms with Crippen LogP contribution in [0.2, 0.25) is 0 Å². The third-order valence-corrected chi connectivity index (χ3v) is 5.72. The van der Waals surface area contributed by atoms with E-state index in [1.54, 1.807) is 0 Å². The normalized spacial score (nSPS) is 15.7. The molecule has 0 spiro atoms. The van der Waals surface area contributed by atoms with Gasteiger partial charge in [-0.3, -0.25) is 19.4 Å². The predicted octanol–water partition coefficient (Wildman–Crippen LogP) is 0.285. The largest absolute Gasteiger partial charge is 0.508 e. The van der Waals surface area contributed by atoms with Crippen LogP contribution in [0.15, 0.2) is 41.4 Å². The van der Waals surface area contributed by atoms with Crippen molar-refractivity contribution in [2.75, 3.05) is 25.0 Å². The summed E-state index contributed by atoms with van der Waals surface area (Å²) < 4.78 is 0. The number of carboxylic acids is 1. The fourth-order valence-electron chi connectivity index (χ4n) is 3.77. The molecular weight excluding hydrogens is 508 g/mol. The summed E-state index contributed by atoms with van der Waals surface area (Å²) in [5.74, 6) is -2.44. The molecule has 0 saturated carbocycles. The van der Waals surface area contributed by atoms with Gasteiger partial charge < -0.3 is 41.7 Å². The first kappa shape index (κ1) is 28.9. The molecule has 206 valence electrons. The zero-order valence-electron chi connectivity index (χ0n) is 21.4. The molecule has 2 atom stereocenters. The van der Waals surface area contributed by atoms with E-state index in [9.17, 15) is 40.1 Å². The van der Waals surface area contributed by atoms with Crippen molar-refractivity contribution in [3.8, 4) is 11.8 Å². The lowest BCUT2D eigenvalue weighted by molar-refractivity contribution is -0.137. The molecular formula is C26H30N6O7. The number of guanidine groups is 1. The van der Waals surface area contributed by atoms with E-state index in [0.717, 1.165) is 0 Å². The van der Waals surface area contributed by atoms with Gasteiger partial charge in [-0.1, -0.05) is 6.07 Å². The number of aliphatic hydroxyl groups excluding tert-OH is 1. The SMILES string of the molecule is CC(C)(O)c1cc(C#N)cc(C(CC(=O)O)NC(=O)CNC(=O)c2cc(O)cc(NC3=NCC(O)CN3)c2)c1. The minimum atomic E-state index is -1.32. The van der Waals surface area contributed by atoms with E-state index in [-0.39, 0.29) is 30.0 Å². The molecule has 1 aliphatic rings. The number of hydrogen-bond acceptors (Lipinski definition) is 10. The molecule has 13 heteroatoms. The van der Waals surface area contributed by atoms with Gasteiger partial charge in [0.1, 0.15) is 5.75 Å². The van der Waals surface area contributed by atoms with E-state index in [1.165, 1.54) is 50.2 Å². The third-order valence-electron chi connectivity index (χ3n) is 5.72. The molecule has 39 heavy (non-hydrogen) atoms. The van der Waals surface area contributed by atoms with Crippen LogP contribution in [0.3, 0.4) is 0 Å². The second-order valence-electron chi connectivity index (χ2n) is 9.53. The number of carboxylic acid groups (broad SMARTS) is 1. The van der Waals surface area contributed by atoms with Gasteiger partial charge in [0, 0.05) is 23.9 Å². The number of phenols is 1. The average molecular weight is 539 g/mol. The van der Waals surface area contributed by atoms with E-state index < -0.39 is 48.5 Å². The van der Waals surface area contributed by atoms with E-state index in [0.29, 0.717) is 22.8 Å². The van der Waals surface area contributed by atoms with Gasteiger partial charge in [0.25, 0.3) is 5.91 Å². The highest BCUT2D eigenvalue weighted by Crippen LogP contribution is 2.27. The van der Waals surface area contributed by atoms with Gasteiger partial charge in [-0.15, -0.1) is 0 Å². The van der Waals surface area contributed by atoms with Gasteiger partial charge in [-0.25, -0.2) is 0 Å². The van der Waals surface area contributed by atoms with Crippen molar-refractivity contribution < 1.29 is 34.8 Å². The Morgan fingerprint density at radius 3 is 2.56 bits per heavy atom. The number of aliphatic hydroxyl groups is 2. The standard InChI is InChI=1S/C26H30N6O7/c1-26(2,39)17-4-14(10-27)3-15(5-17)21(9-23(36)37)32-22(35)13-28-24(38)16-6-18(8-19(33)7-16)31-25-29-11-20(34)12-30-25/h3-8,20-21,33-34,39H,9,11-13H2,1-2H3,(H,28,38)(H,32,35)(H,36,37)(H2,29,30,31). The molecule has 0 radical (unpaired) electrons. The zero-order valence-corrected chi connectivity index (χ0v) is 21.4. The van der Waals surface area contributed by atoms with E-state index in [4.69, 9.17) is 0 Å². The number of β-amino-alcohol motifs (C(OH)–C–C–N with tert-alkyl or cyclic N) is 1. The number of phenolic OH excluding ortho intramolecular Hbond substituents is 1. The van der Waals surface area contributed by atoms with Crippen molar-refractivity contribution in [2.24, 2.45) is 4.99 Å². The number of anilines is 1. The number of nitriles is 1. The Hall–Kier alpha value is -4.67. The zero-order chi connectivity index (χ0) is 28.7. The summed E-state index contributed by atoms with van der Waals surface area (Å²) in [6.45, 7) is 3.00. The van der Waals surface area contributed by atoms with Gasteiger partial charge in [-0.2, -0.15) is 5.26 Å². The quantitative estimate of drug-likeness (QED) is 0.218. The Labute approximate surface area is 224 Å². The van der Waals surface area contributed by atoms with Crippen LogP contribution >= 0.6 is 0 Å². The van der Waals surface area contributed by atoms with Crippen LogP contribution in [0, 0.1) is 11.3 Å². The first-order valence-electron chi connectivity index (χ1n) is 12.0. The Kier molecular flexibility index (Phi) is 9.08. The Bertz CT molecular complexity index is 1330. The van der Waals surface area contributed by atoms with Crippen molar-refractivity contribution >= 4 is 29.4 Å². The lowest BCUT2D eigenvalue weighted by Crippen LogP contribution is -2.42. The molecule has 0 aliphatic carbocycles. The molecule has 0 bridgehead atoms. The summed E-state index contributed by atoms with van der Waals surface area (Å²) in [5, 5.41) is 59.4. The predicted molar refractivity (Wildman–Crippen MR) is 140 cm³/mol. The van der Waals surface area contributed by atoms with Crippen molar-refractivity contribution in [2.45, 2.75) is 38.0 Å². The fraction of sp³-hybridized carbons (Fsp3) is 0.346. The monoisotopic (exact) mass is 538 g/mol. The number of rotatable bonds is 9. The van der Waals surface area contributed by atoms with Crippen LogP contribution in [0.25, 0.3) is 0 Å². The molecule has 2 amide bonds. The lowest BCUT2D eigenvalue weighted by atomic mass is 9.91. The maximum absolute atomic E-state index is 12.7. The molecule has 0 aromatic heterocycles. The first-order chi connectivity index (χ1) is 18.3. The summed E-state index contributed by atoms with van der Waals surface area (Å²) in [6, 6.07) is 9.34. The fourth-order valence-corrected chi connectivity index (χ4v) is 3.77. The van der Waals surface area contributed by atoms with Crippen LogP contribution in [-0.2, 0) is 15.2 Å². The highest BCUT2D eigenvalue weighted by atomic mass is 16.4. The summed E-state index contributed by atoms with van der Waals surface area (Å²) >= 11 is 0. The summed E-state index contributed by atoms with van der Waals surface area (Å²) in [7, 11) is 0. The van der Waals surface area contributed by atoms with Crippen LogP contribution in [-0.4, -0.2) is 69.9 Å². The molecule has 0 fully saturated rings. The van der Waals surface area contributed by atoms with Gasteiger partial charge >= 0.3 is 5.97 Å². The molecule has 1 heterocycles. The smallest absolute Gasteiger partial charge is 0.305 e. The minimum absolute atomic E-state index is 0.0420. The van der Waals surface area contributed by atoms with Gasteiger partial charge in [0.2, 0.25) is 5.91 Å². The van der Waals surface area contributed by atoms with Crippen LogP contribution in [0.1, 0.15) is 53.4 Å². The second-order valence-corrected chi connectivity index (χ2v) is 9.53. The van der Waals surface area contributed by atoms with Crippen LogP contribution in [0.5, 0.6) is 5.75 Å². The van der Waals surface area contributed by atoms with E-state index in [2.05, 4.69) is 26.3 Å². The van der Waals surface area contributed by atoms with E-state index >= 15 is 0 Å². The average Bonchev–Trinajstić information content (AvgIpc) is 2.86. The number of carbonyl (C=O) groups is 3. The molecule has 13 nitrogen and oxygen atoms in total. The van der Waals surface area contributed by atoms with Gasteiger partial charge in [-0.05, 0) is 49.2 Å². The number of carbonyl (C=O) groups excluding carboxylic acids is 2. The first-order valence-corrected chi connectivity index (χ1v) is 12.0. The second kappa shape index (κ2) is 12.2. The maximum Gasteiger partial charge on any atom is 0.305 e. The number of nitrogens with zero attached hydrogens (tertiary/aromatic N) is 2. The highest BCUT2D eigenvalue weighted by Gasteiger charge is 2.24. The Morgan fingerprint density at radius 2 is 1.95 bits per heavy atom. The number of aromatic hydroxyl groups is 1. The summed E-state index contributed by atoms with van der Waals surface area (Å²) in [5.41, 5.74) is -0.0731. The van der Waals surface area contributed by atoms with Crippen molar-refractivity contribution in [1.29, 1.82) is 5.26 Å². The highest BCUT2D eigenvalue weighted by molar-refractivity contribution is 6.00. The number of nitrogens with one attached hydrogen (secondary N) is 4. The number of hydrogen-bond donors (Lipinski definition) is 8. The number of benzene rings is 2. The molecule has 2 unspecified atom stereocenters. The molecule has 0 saturated heterocycles. The van der Waals surface area contributed by atoms with Crippen LogP contribution in [0.4, 0.5) is 5.69 Å². The Morgan fingerprint density at radius 1 is 1.21 bits per heavy atom. The summed E-state index contributed by atoms with van der Waals surface area (Å²) in [6.07, 6.45) is -1.11. The molecule has 2 aromatic carbocycles. The number of aliphatic carboxylic acids is 1. The maximum atomic E-state index is 12.7. The topological polar surface area (TPSA) is 216 Å². The molecule has 2 aromatic rings. The van der Waals surface area contributed by atoms with E-state index in [1.807, 2.05) is 6.07 Å². The van der Waals surface area contributed by atoms with Gasteiger partial charge in [0.05, 0.1) is 48.9 Å². The number of amides is 2. The Balaban J connectivity index is 1.70. The van der Waals surface area contributed by atoms with Gasteiger partial charge in [0.15, 0.2) is 5.96 Å². The number of aliphatic imine (C=N–C) groups is 1. The summed E-state index contributed by atoms with van der Waals surface area (Å²) in [4.78, 5) is 41.0. The van der Waals surface area contributed by atoms with Crippen molar-refractivity contribution in [3.05, 3.63) is 58.7 Å². The van der Waals surface area contributed by atoms with Crippen molar-refractivity contribution in [3.63, 3.8) is 0 Å². The minimum Gasteiger partial charge on any atom is -0.508 e.